The first kappa shape index (κ1) is 32.9. The Balaban J connectivity index is 1.02. The third kappa shape index (κ3) is 4.95. The second kappa shape index (κ2) is 13.1. The van der Waals surface area contributed by atoms with Crippen LogP contribution < -0.4 is 26.2 Å². The lowest BCUT2D eigenvalue weighted by Gasteiger charge is -2.46. The third-order valence-electron chi connectivity index (χ3n) is 12.5. The molecular weight excluding hydrogens is 701 g/mol. The second-order valence-electron chi connectivity index (χ2n) is 15.6. The molecule has 0 saturated carbocycles. The predicted molar refractivity (Wildman–Crippen MR) is 246 cm³/mol. The molecule has 3 heterocycles. The number of benzene rings is 8. The quantitative estimate of drug-likeness (QED) is 0.163. The molecule has 0 N–H and O–H groups in total. The molecule has 4 heteroatoms. The summed E-state index contributed by atoms with van der Waals surface area (Å²) in [5.74, 6) is 0. The van der Waals surface area contributed by atoms with Crippen LogP contribution >= 0.6 is 0 Å². The van der Waals surface area contributed by atoms with E-state index in [0.717, 1.165) is 6.42 Å². The summed E-state index contributed by atoms with van der Waals surface area (Å²) >= 11 is 0. The van der Waals surface area contributed by atoms with Gasteiger partial charge < -0.3 is 14.4 Å². The van der Waals surface area contributed by atoms with E-state index in [4.69, 9.17) is 0 Å². The normalized spacial score (nSPS) is 15.1. The summed E-state index contributed by atoms with van der Waals surface area (Å²) in [6, 6.07) is 69.7. The van der Waals surface area contributed by atoms with Crippen LogP contribution in [0.15, 0.2) is 212 Å². The van der Waals surface area contributed by atoms with Crippen LogP contribution in [0.4, 0.5) is 28.4 Å². The lowest BCUT2D eigenvalue weighted by atomic mass is 9.33. The van der Waals surface area contributed by atoms with Crippen LogP contribution in [0.3, 0.4) is 0 Å². The fraction of sp³-hybridized carbons (Fsp3) is 0.0370. The van der Waals surface area contributed by atoms with Crippen molar-refractivity contribution < 1.29 is 0 Å². The molecule has 8 aromatic carbocycles. The molecule has 0 amide bonds. The van der Waals surface area contributed by atoms with Crippen molar-refractivity contribution in [2.24, 2.45) is 0 Å². The van der Waals surface area contributed by atoms with Gasteiger partial charge in [-0.15, -0.1) is 0 Å². The molecule has 272 valence electrons. The van der Waals surface area contributed by atoms with E-state index in [9.17, 15) is 0 Å². The molecule has 1 atom stereocenters. The molecule has 0 spiro atoms. The summed E-state index contributed by atoms with van der Waals surface area (Å²) in [5.41, 5.74) is 18.7. The van der Waals surface area contributed by atoms with Crippen molar-refractivity contribution >= 4 is 73.3 Å². The molecule has 0 radical (unpaired) electrons. The van der Waals surface area contributed by atoms with Gasteiger partial charge in [0.1, 0.15) is 0 Å². The highest BCUT2D eigenvalue weighted by Crippen LogP contribution is 2.44. The fourth-order valence-electron chi connectivity index (χ4n) is 10.0. The van der Waals surface area contributed by atoms with E-state index in [-0.39, 0.29) is 12.8 Å². The maximum absolute atomic E-state index is 2.58. The van der Waals surface area contributed by atoms with Gasteiger partial charge in [-0.3, -0.25) is 0 Å². The number of fused-ring (bicyclic) bond motifs is 7. The van der Waals surface area contributed by atoms with E-state index in [1.165, 1.54) is 94.6 Å². The Hall–Kier alpha value is -7.30. The minimum Gasteiger partial charge on any atom is -0.335 e. The first-order valence-electron chi connectivity index (χ1n) is 20.3. The molecule has 12 rings (SSSR count). The molecular formula is C54H38BN3. The standard InChI is InChI=1S/C54H38BN3/c1-4-16-40(17-5-1)56-49-27-13-11-25-46(49)55-47-36-39(34-35-50(47)57(41-18-6-2-7-19-41)52-29-15-28-51(56)53(52)55)37-30-32-38(33-31-37)43-23-14-24-45-44-22-10-12-26-48(44)58(54(43)45)42-20-8-3-9-21-42/h1-16,18-36,40H,17H2. The van der Waals surface area contributed by atoms with E-state index in [1.807, 2.05) is 0 Å². The van der Waals surface area contributed by atoms with Gasteiger partial charge in [0.15, 0.2) is 0 Å². The van der Waals surface area contributed by atoms with Gasteiger partial charge in [-0.1, -0.05) is 158 Å². The van der Waals surface area contributed by atoms with Crippen molar-refractivity contribution in [3.8, 4) is 27.9 Å². The SMILES string of the molecule is C1=CCC(N2c3ccccc3B3c4cc(-c5ccc(-c6cccc7c8ccccc8n(-c8ccccc8)c67)cc5)ccc4N(c4ccccc4)c4cccc2c43)C=C1. The Labute approximate surface area is 339 Å². The number of anilines is 5. The number of nitrogens with zero attached hydrogens (tertiary/aromatic N) is 3. The van der Waals surface area contributed by atoms with Gasteiger partial charge in [-0.2, -0.15) is 0 Å². The van der Waals surface area contributed by atoms with Crippen LogP contribution in [0.1, 0.15) is 6.42 Å². The average molecular weight is 740 g/mol. The Morgan fingerprint density at radius 1 is 0.466 bits per heavy atom. The first-order valence-corrected chi connectivity index (χ1v) is 20.3. The zero-order chi connectivity index (χ0) is 38.2. The zero-order valence-corrected chi connectivity index (χ0v) is 31.9. The molecule has 0 bridgehead atoms. The highest BCUT2D eigenvalue weighted by Gasteiger charge is 2.43. The molecule has 0 saturated heterocycles. The van der Waals surface area contributed by atoms with Crippen molar-refractivity contribution in [3.05, 3.63) is 212 Å². The van der Waals surface area contributed by atoms with Crippen molar-refractivity contribution in [1.29, 1.82) is 0 Å². The Kier molecular flexibility index (Phi) is 7.46. The molecule has 1 aromatic heterocycles. The maximum Gasteiger partial charge on any atom is 0.252 e. The lowest BCUT2D eigenvalue weighted by molar-refractivity contribution is 0.787. The number of aromatic nitrogens is 1. The summed E-state index contributed by atoms with van der Waals surface area (Å²) in [5, 5.41) is 2.53. The van der Waals surface area contributed by atoms with Gasteiger partial charge in [0.25, 0.3) is 6.71 Å². The van der Waals surface area contributed by atoms with Crippen molar-refractivity contribution in [2.75, 3.05) is 9.80 Å². The summed E-state index contributed by atoms with van der Waals surface area (Å²) in [6.45, 7) is 0.0912. The van der Waals surface area contributed by atoms with Crippen LogP contribution in [0.5, 0.6) is 0 Å². The van der Waals surface area contributed by atoms with Crippen LogP contribution in [0.25, 0.3) is 49.7 Å². The van der Waals surface area contributed by atoms with Gasteiger partial charge in [0, 0.05) is 50.5 Å². The number of para-hydroxylation sites is 5. The number of hydrogen-bond acceptors (Lipinski definition) is 2. The molecule has 1 aliphatic carbocycles. The number of hydrogen-bond donors (Lipinski definition) is 0. The lowest BCUT2D eigenvalue weighted by Crippen LogP contribution is -2.62. The van der Waals surface area contributed by atoms with Crippen molar-refractivity contribution in [3.63, 3.8) is 0 Å². The summed E-state index contributed by atoms with van der Waals surface area (Å²) in [6.07, 6.45) is 9.99. The van der Waals surface area contributed by atoms with E-state index < -0.39 is 0 Å². The molecule has 3 nitrogen and oxygen atoms in total. The fourth-order valence-corrected chi connectivity index (χ4v) is 10.0. The topological polar surface area (TPSA) is 11.4 Å². The van der Waals surface area contributed by atoms with Crippen LogP contribution in [0, 0.1) is 0 Å². The maximum atomic E-state index is 2.58. The van der Waals surface area contributed by atoms with E-state index in [0.29, 0.717) is 0 Å². The Morgan fingerprint density at radius 3 is 1.97 bits per heavy atom. The van der Waals surface area contributed by atoms with Gasteiger partial charge >= 0.3 is 0 Å². The second-order valence-corrected chi connectivity index (χ2v) is 15.6. The van der Waals surface area contributed by atoms with Crippen LogP contribution in [-0.2, 0) is 0 Å². The molecule has 0 fully saturated rings. The molecule has 9 aromatic rings. The van der Waals surface area contributed by atoms with Crippen LogP contribution in [0.2, 0.25) is 0 Å². The summed E-state index contributed by atoms with van der Waals surface area (Å²) in [7, 11) is 0. The molecule has 3 aliphatic rings. The highest BCUT2D eigenvalue weighted by molar-refractivity contribution is 7.00. The minimum atomic E-state index is 0.0912. The average Bonchev–Trinajstić information content (AvgIpc) is 3.64. The zero-order valence-electron chi connectivity index (χ0n) is 31.9. The van der Waals surface area contributed by atoms with E-state index >= 15 is 0 Å². The van der Waals surface area contributed by atoms with Crippen LogP contribution in [-0.4, -0.2) is 17.3 Å². The Morgan fingerprint density at radius 2 is 1.14 bits per heavy atom. The minimum absolute atomic E-state index is 0.0912. The molecule has 58 heavy (non-hydrogen) atoms. The van der Waals surface area contributed by atoms with E-state index in [2.05, 4.69) is 227 Å². The summed E-state index contributed by atoms with van der Waals surface area (Å²) in [4.78, 5) is 5.06. The molecule has 2 aliphatic heterocycles. The van der Waals surface area contributed by atoms with Crippen molar-refractivity contribution in [2.45, 2.75) is 12.5 Å². The molecule has 1 unspecified atom stereocenters. The highest BCUT2D eigenvalue weighted by atomic mass is 15.2. The van der Waals surface area contributed by atoms with Crippen molar-refractivity contribution in [1.82, 2.24) is 4.57 Å². The third-order valence-corrected chi connectivity index (χ3v) is 12.5. The van der Waals surface area contributed by atoms with Gasteiger partial charge in [0.05, 0.1) is 17.1 Å². The van der Waals surface area contributed by atoms with E-state index in [1.54, 1.807) is 0 Å². The smallest absolute Gasteiger partial charge is 0.252 e. The van der Waals surface area contributed by atoms with Gasteiger partial charge in [0.2, 0.25) is 0 Å². The number of rotatable bonds is 5. The first-order chi connectivity index (χ1) is 28.8. The van der Waals surface area contributed by atoms with Gasteiger partial charge in [-0.25, -0.2) is 0 Å². The summed E-state index contributed by atoms with van der Waals surface area (Å²) < 4.78 is 2.42. The monoisotopic (exact) mass is 739 g/mol. The number of allylic oxidation sites excluding steroid dienone is 2. The van der Waals surface area contributed by atoms with Gasteiger partial charge in [-0.05, 0) is 94.1 Å². The predicted octanol–water partition coefficient (Wildman–Crippen LogP) is 11.8. The Bertz CT molecular complexity index is 3110. The largest absolute Gasteiger partial charge is 0.335 e.